The Balaban J connectivity index is 1.79. The highest BCUT2D eigenvalue weighted by molar-refractivity contribution is 6.02. The zero-order valence-corrected chi connectivity index (χ0v) is 17.6. The zero-order valence-electron chi connectivity index (χ0n) is 17.6. The number of aliphatic carboxylic acids is 1. The summed E-state index contributed by atoms with van der Waals surface area (Å²) < 4.78 is 5.23. The fourth-order valence-electron chi connectivity index (χ4n) is 3.88. The first-order chi connectivity index (χ1) is 15.0. The number of carbonyl (C=O) groups is 3. The van der Waals surface area contributed by atoms with E-state index in [1.54, 1.807) is 19.1 Å². The molecular formula is C24H28N2O5. The first kappa shape index (κ1) is 22.5. The topological polar surface area (TPSA) is 95.9 Å². The average Bonchev–Trinajstić information content (AvgIpc) is 2.89. The highest BCUT2D eigenvalue weighted by atomic mass is 16.5. The summed E-state index contributed by atoms with van der Waals surface area (Å²) in [6.45, 7) is 1.56. The number of hydrogen-bond acceptors (Lipinski definition) is 5. The van der Waals surface area contributed by atoms with Crippen molar-refractivity contribution in [3.05, 3.63) is 65.7 Å². The maximum absolute atomic E-state index is 13.3. The first-order valence-corrected chi connectivity index (χ1v) is 10.6. The van der Waals surface area contributed by atoms with Gasteiger partial charge in [0.1, 0.15) is 12.6 Å². The van der Waals surface area contributed by atoms with Gasteiger partial charge in [-0.25, -0.2) is 0 Å². The third-order valence-corrected chi connectivity index (χ3v) is 5.38. The predicted molar refractivity (Wildman–Crippen MR) is 117 cm³/mol. The van der Waals surface area contributed by atoms with Crippen molar-refractivity contribution < 1.29 is 24.2 Å². The SMILES string of the molecule is CCOC(=O)[C@@H](CCc1ccccc1)NC1CCc2ccccc2N(CC(=O)O)C1=O. The minimum Gasteiger partial charge on any atom is -0.480 e. The predicted octanol–water partition coefficient (Wildman–Crippen LogP) is 2.57. The second-order valence-electron chi connectivity index (χ2n) is 7.53. The number of anilines is 1. The average molecular weight is 424 g/mol. The molecule has 0 aliphatic carbocycles. The van der Waals surface area contributed by atoms with Crippen molar-refractivity contribution in [2.24, 2.45) is 0 Å². The second kappa shape index (κ2) is 10.7. The van der Waals surface area contributed by atoms with Gasteiger partial charge in [-0.3, -0.25) is 24.6 Å². The van der Waals surface area contributed by atoms with E-state index < -0.39 is 30.6 Å². The summed E-state index contributed by atoms with van der Waals surface area (Å²) in [5.41, 5.74) is 2.61. The number of hydrogen-bond donors (Lipinski definition) is 2. The van der Waals surface area contributed by atoms with E-state index in [9.17, 15) is 19.5 Å². The smallest absolute Gasteiger partial charge is 0.323 e. The van der Waals surface area contributed by atoms with E-state index >= 15 is 0 Å². The quantitative estimate of drug-likeness (QED) is 0.601. The number of aryl methyl sites for hydroxylation is 2. The highest BCUT2D eigenvalue weighted by Gasteiger charge is 2.34. The largest absolute Gasteiger partial charge is 0.480 e. The van der Waals surface area contributed by atoms with E-state index in [-0.39, 0.29) is 12.5 Å². The van der Waals surface area contributed by atoms with E-state index in [0.717, 1.165) is 11.1 Å². The summed E-state index contributed by atoms with van der Waals surface area (Å²) in [7, 11) is 0. The molecule has 0 saturated heterocycles. The lowest BCUT2D eigenvalue weighted by Crippen LogP contribution is -2.53. The number of ether oxygens (including phenoxy) is 1. The minimum atomic E-state index is -1.09. The molecule has 2 N–H and O–H groups in total. The minimum absolute atomic E-state index is 0.248. The summed E-state index contributed by atoms with van der Waals surface area (Å²) in [6.07, 6.45) is 2.19. The van der Waals surface area contributed by atoms with Crippen molar-refractivity contribution >= 4 is 23.5 Å². The molecule has 7 nitrogen and oxygen atoms in total. The van der Waals surface area contributed by atoms with E-state index in [4.69, 9.17) is 4.74 Å². The molecule has 0 fully saturated rings. The van der Waals surface area contributed by atoms with Crippen LogP contribution in [-0.4, -0.2) is 48.2 Å². The number of fused-ring (bicyclic) bond motifs is 1. The summed E-state index contributed by atoms with van der Waals surface area (Å²) in [5, 5.41) is 12.5. The van der Waals surface area contributed by atoms with Gasteiger partial charge in [0, 0.05) is 5.69 Å². The van der Waals surface area contributed by atoms with Crippen LogP contribution in [0.2, 0.25) is 0 Å². The van der Waals surface area contributed by atoms with Gasteiger partial charge in [0.2, 0.25) is 5.91 Å². The van der Waals surface area contributed by atoms with Crippen molar-refractivity contribution in [3.63, 3.8) is 0 Å². The fourth-order valence-corrected chi connectivity index (χ4v) is 3.88. The van der Waals surface area contributed by atoms with Gasteiger partial charge < -0.3 is 9.84 Å². The van der Waals surface area contributed by atoms with Crippen molar-refractivity contribution in [1.29, 1.82) is 0 Å². The third kappa shape index (κ3) is 5.92. The van der Waals surface area contributed by atoms with Crippen LogP contribution >= 0.6 is 0 Å². The second-order valence-corrected chi connectivity index (χ2v) is 7.53. The van der Waals surface area contributed by atoms with Crippen molar-refractivity contribution in [1.82, 2.24) is 5.32 Å². The molecule has 3 rings (SSSR count). The Kier molecular flexibility index (Phi) is 7.78. The molecule has 1 heterocycles. The zero-order chi connectivity index (χ0) is 22.2. The summed E-state index contributed by atoms with van der Waals surface area (Å²) >= 11 is 0. The van der Waals surface area contributed by atoms with Crippen LogP contribution in [0.3, 0.4) is 0 Å². The number of esters is 1. The van der Waals surface area contributed by atoms with Crippen LogP contribution < -0.4 is 10.2 Å². The summed E-state index contributed by atoms with van der Waals surface area (Å²) in [4.78, 5) is 38.6. The standard InChI is InChI=1S/C24H28N2O5/c1-2-31-24(30)20(14-12-17-8-4-3-5-9-17)25-19-15-13-18-10-6-7-11-21(18)26(23(19)29)16-22(27)28/h3-11,19-20,25H,2,12-16H2,1H3,(H,27,28)/t19?,20-/m1/s1. The molecule has 0 radical (unpaired) electrons. The van der Waals surface area contributed by atoms with Crippen molar-refractivity contribution in [2.75, 3.05) is 18.1 Å². The highest BCUT2D eigenvalue weighted by Crippen LogP contribution is 2.27. The van der Waals surface area contributed by atoms with Crippen LogP contribution in [0.1, 0.15) is 30.9 Å². The van der Waals surface area contributed by atoms with E-state index in [1.165, 1.54) is 4.90 Å². The maximum atomic E-state index is 13.3. The van der Waals surface area contributed by atoms with E-state index in [0.29, 0.717) is 31.4 Å². The van der Waals surface area contributed by atoms with E-state index in [1.807, 2.05) is 42.5 Å². The number of carbonyl (C=O) groups excluding carboxylic acids is 2. The molecule has 2 atom stereocenters. The maximum Gasteiger partial charge on any atom is 0.323 e. The number of rotatable bonds is 9. The van der Waals surface area contributed by atoms with Gasteiger partial charge in [0.15, 0.2) is 0 Å². The molecule has 164 valence electrons. The Morgan fingerprint density at radius 3 is 2.58 bits per heavy atom. The number of para-hydroxylation sites is 1. The van der Waals surface area contributed by atoms with Crippen molar-refractivity contribution in [3.8, 4) is 0 Å². The molecule has 0 spiro atoms. The first-order valence-electron chi connectivity index (χ1n) is 10.6. The Labute approximate surface area is 182 Å². The molecule has 2 aromatic rings. The van der Waals surface area contributed by atoms with E-state index in [2.05, 4.69) is 5.32 Å². The van der Waals surface area contributed by atoms with Crippen LogP contribution in [0.4, 0.5) is 5.69 Å². The van der Waals surface area contributed by atoms with Crippen LogP contribution in [0.25, 0.3) is 0 Å². The molecule has 1 unspecified atom stereocenters. The van der Waals surface area contributed by atoms with Crippen LogP contribution in [-0.2, 0) is 32.0 Å². The molecular weight excluding hydrogens is 396 g/mol. The molecule has 1 aliphatic heterocycles. The molecule has 7 heteroatoms. The summed E-state index contributed by atoms with van der Waals surface area (Å²) in [6, 6.07) is 15.8. The number of benzene rings is 2. The Hall–Kier alpha value is -3.19. The molecule has 0 bridgehead atoms. The summed E-state index contributed by atoms with van der Waals surface area (Å²) in [5.74, 6) is -1.84. The number of nitrogens with one attached hydrogen (secondary N) is 1. The van der Waals surface area contributed by atoms with Crippen LogP contribution in [0.15, 0.2) is 54.6 Å². The number of amides is 1. The Morgan fingerprint density at radius 2 is 1.87 bits per heavy atom. The van der Waals surface area contributed by atoms with Gasteiger partial charge in [-0.15, -0.1) is 0 Å². The molecule has 1 amide bonds. The van der Waals surface area contributed by atoms with Gasteiger partial charge in [0.05, 0.1) is 12.6 Å². The van der Waals surface area contributed by atoms with Gasteiger partial charge >= 0.3 is 11.9 Å². The van der Waals surface area contributed by atoms with Gasteiger partial charge in [-0.05, 0) is 49.8 Å². The molecule has 0 saturated carbocycles. The number of carboxylic acid groups (broad SMARTS) is 1. The number of nitrogens with zero attached hydrogens (tertiary/aromatic N) is 1. The normalized spacial score (nSPS) is 16.9. The molecule has 31 heavy (non-hydrogen) atoms. The monoisotopic (exact) mass is 424 g/mol. The van der Waals surface area contributed by atoms with Gasteiger partial charge in [0.25, 0.3) is 0 Å². The number of carboxylic acids is 1. The fraction of sp³-hybridized carbons (Fsp3) is 0.375. The lowest BCUT2D eigenvalue weighted by molar-refractivity contribution is -0.146. The third-order valence-electron chi connectivity index (χ3n) is 5.38. The molecule has 2 aromatic carbocycles. The van der Waals surface area contributed by atoms with Crippen LogP contribution in [0.5, 0.6) is 0 Å². The lowest BCUT2D eigenvalue weighted by atomic mass is 10.0. The van der Waals surface area contributed by atoms with Gasteiger partial charge in [-0.1, -0.05) is 48.5 Å². The Morgan fingerprint density at radius 1 is 1.16 bits per heavy atom. The Bertz CT molecular complexity index is 915. The van der Waals surface area contributed by atoms with Crippen LogP contribution in [0, 0.1) is 0 Å². The van der Waals surface area contributed by atoms with Crippen molar-refractivity contribution in [2.45, 2.75) is 44.7 Å². The molecule has 0 aromatic heterocycles. The lowest BCUT2D eigenvalue weighted by Gasteiger charge is -2.27. The molecule has 1 aliphatic rings. The van der Waals surface area contributed by atoms with Gasteiger partial charge in [-0.2, -0.15) is 0 Å².